The number of nitrogens with zero attached hydrogens (tertiary/aromatic N) is 3. The fraction of sp³-hybridized carbons (Fsp3) is 0.300. The first kappa shape index (κ1) is 16.3. The molecule has 2 heterocycles. The zero-order valence-electron chi connectivity index (χ0n) is 13.9. The number of rotatable bonds is 4. The molecule has 0 atom stereocenters. The third-order valence-electron chi connectivity index (χ3n) is 4.66. The van der Waals surface area contributed by atoms with E-state index in [1.807, 2.05) is 24.3 Å². The van der Waals surface area contributed by atoms with Crippen molar-refractivity contribution in [1.29, 1.82) is 0 Å². The first-order chi connectivity index (χ1) is 12.3. The predicted molar refractivity (Wildman–Crippen MR) is 102 cm³/mol. The number of fused-ring (bicyclic) bond motifs is 1. The van der Waals surface area contributed by atoms with E-state index in [9.17, 15) is 0 Å². The lowest BCUT2D eigenvalue weighted by Gasteiger charge is -2.31. The number of hydrogen-bond donors (Lipinski definition) is 0. The van der Waals surface area contributed by atoms with E-state index in [0.717, 1.165) is 55.0 Å². The molecule has 4 rings (SSSR count). The van der Waals surface area contributed by atoms with Crippen LogP contribution in [0.25, 0.3) is 10.9 Å². The highest BCUT2D eigenvalue weighted by molar-refractivity contribution is 6.28. The van der Waals surface area contributed by atoms with Crippen LogP contribution >= 0.6 is 11.6 Å². The van der Waals surface area contributed by atoms with Crippen molar-refractivity contribution in [3.05, 3.63) is 59.9 Å². The van der Waals surface area contributed by atoms with Gasteiger partial charge in [-0.05, 0) is 54.6 Å². The van der Waals surface area contributed by atoms with Gasteiger partial charge in [-0.2, -0.15) is 4.98 Å². The number of anilines is 2. The SMILES string of the molecule is Clc1nc(N(CC2CCOCC2)c2ccccc2)c2ccccc2n1. The van der Waals surface area contributed by atoms with Gasteiger partial charge in [-0.25, -0.2) is 4.98 Å². The summed E-state index contributed by atoms with van der Waals surface area (Å²) >= 11 is 6.23. The Balaban J connectivity index is 1.80. The second kappa shape index (κ2) is 7.38. The lowest BCUT2D eigenvalue weighted by atomic mass is 9.99. The molecule has 0 aliphatic carbocycles. The molecule has 2 aromatic carbocycles. The zero-order chi connectivity index (χ0) is 17.1. The summed E-state index contributed by atoms with van der Waals surface area (Å²) in [5.74, 6) is 1.44. The molecule has 1 fully saturated rings. The molecule has 1 aromatic heterocycles. The fourth-order valence-corrected chi connectivity index (χ4v) is 3.52. The van der Waals surface area contributed by atoms with E-state index in [-0.39, 0.29) is 5.28 Å². The van der Waals surface area contributed by atoms with Gasteiger partial charge in [0.05, 0.1) is 5.52 Å². The molecule has 0 unspecified atom stereocenters. The number of halogens is 1. The molecular formula is C20H20ClN3O. The average molecular weight is 354 g/mol. The topological polar surface area (TPSA) is 38.2 Å². The fourth-order valence-electron chi connectivity index (χ4n) is 3.35. The monoisotopic (exact) mass is 353 g/mol. The summed E-state index contributed by atoms with van der Waals surface area (Å²) in [7, 11) is 0. The lowest BCUT2D eigenvalue weighted by Crippen LogP contribution is -2.30. The summed E-state index contributed by atoms with van der Waals surface area (Å²) in [6.07, 6.45) is 2.14. The summed E-state index contributed by atoms with van der Waals surface area (Å²) in [4.78, 5) is 11.2. The van der Waals surface area contributed by atoms with Crippen LogP contribution in [-0.4, -0.2) is 29.7 Å². The van der Waals surface area contributed by atoms with E-state index >= 15 is 0 Å². The van der Waals surface area contributed by atoms with Crippen LogP contribution in [0.4, 0.5) is 11.5 Å². The van der Waals surface area contributed by atoms with Crippen molar-refractivity contribution < 1.29 is 4.74 Å². The standard InChI is InChI=1S/C20H20ClN3O/c21-20-22-18-9-5-4-8-17(18)19(23-20)24(16-6-2-1-3-7-16)14-15-10-12-25-13-11-15/h1-9,15H,10-14H2. The van der Waals surface area contributed by atoms with Gasteiger partial charge in [-0.3, -0.25) is 0 Å². The molecule has 1 aliphatic rings. The van der Waals surface area contributed by atoms with Gasteiger partial charge in [0.2, 0.25) is 5.28 Å². The van der Waals surface area contributed by atoms with E-state index in [4.69, 9.17) is 16.3 Å². The molecule has 0 amide bonds. The molecule has 1 aliphatic heterocycles. The summed E-state index contributed by atoms with van der Waals surface area (Å²) < 4.78 is 5.52. The Morgan fingerprint density at radius 2 is 1.68 bits per heavy atom. The summed E-state index contributed by atoms with van der Waals surface area (Å²) in [5, 5.41) is 1.30. The highest BCUT2D eigenvalue weighted by Gasteiger charge is 2.22. The van der Waals surface area contributed by atoms with Crippen molar-refractivity contribution in [2.45, 2.75) is 12.8 Å². The number of aromatic nitrogens is 2. The number of ether oxygens (including phenoxy) is 1. The lowest BCUT2D eigenvalue weighted by molar-refractivity contribution is 0.0688. The Hall–Kier alpha value is -2.17. The highest BCUT2D eigenvalue weighted by Crippen LogP contribution is 2.33. The first-order valence-corrected chi connectivity index (χ1v) is 9.01. The van der Waals surface area contributed by atoms with Crippen molar-refractivity contribution in [3.63, 3.8) is 0 Å². The summed E-state index contributed by atoms with van der Waals surface area (Å²) in [6, 6.07) is 18.4. The molecule has 0 bridgehead atoms. The van der Waals surface area contributed by atoms with Gasteiger partial charge in [-0.1, -0.05) is 30.3 Å². The van der Waals surface area contributed by atoms with Crippen molar-refractivity contribution in [1.82, 2.24) is 9.97 Å². The van der Waals surface area contributed by atoms with Crippen LogP contribution in [0.1, 0.15) is 12.8 Å². The minimum absolute atomic E-state index is 0.279. The van der Waals surface area contributed by atoms with Gasteiger partial charge < -0.3 is 9.64 Å². The third kappa shape index (κ3) is 3.60. The Kier molecular flexibility index (Phi) is 4.81. The van der Waals surface area contributed by atoms with Crippen LogP contribution in [0.3, 0.4) is 0 Å². The largest absolute Gasteiger partial charge is 0.381 e. The molecule has 0 saturated carbocycles. The van der Waals surface area contributed by atoms with Crippen molar-refractivity contribution in [2.75, 3.05) is 24.7 Å². The van der Waals surface area contributed by atoms with E-state index in [1.54, 1.807) is 0 Å². The summed E-state index contributed by atoms with van der Waals surface area (Å²) in [5.41, 5.74) is 1.99. The molecule has 128 valence electrons. The van der Waals surface area contributed by atoms with Crippen LogP contribution in [-0.2, 0) is 4.74 Å². The molecule has 1 saturated heterocycles. The quantitative estimate of drug-likeness (QED) is 0.628. The molecule has 4 nitrogen and oxygen atoms in total. The van der Waals surface area contributed by atoms with E-state index < -0.39 is 0 Å². The molecule has 0 spiro atoms. The maximum atomic E-state index is 6.23. The molecule has 25 heavy (non-hydrogen) atoms. The van der Waals surface area contributed by atoms with Crippen LogP contribution in [0.2, 0.25) is 5.28 Å². The van der Waals surface area contributed by atoms with Crippen molar-refractivity contribution in [3.8, 4) is 0 Å². The smallest absolute Gasteiger partial charge is 0.224 e. The van der Waals surface area contributed by atoms with Gasteiger partial charge in [-0.15, -0.1) is 0 Å². The maximum absolute atomic E-state index is 6.23. The Morgan fingerprint density at radius 3 is 2.48 bits per heavy atom. The van der Waals surface area contributed by atoms with E-state index in [1.165, 1.54) is 0 Å². The Morgan fingerprint density at radius 1 is 0.960 bits per heavy atom. The number of hydrogen-bond acceptors (Lipinski definition) is 4. The molecule has 5 heteroatoms. The minimum atomic E-state index is 0.279. The van der Waals surface area contributed by atoms with Gasteiger partial charge >= 0.3 is 0 Å². The average Bonchev–Trinajstić information content (AvgIpc) is 2.67. The van der Waals surface area contributed by atoms with E-state index in [2.05, 4.69) is 45.2 Å². The van der Waals surface area contributed by atoms with Gasteiger partial charge in [0.15, 0.2) is 0 Å². The maximum Gasteiger partial charge on any atom is 0.224 e. The molecular weight excluding hydrogens is 334 g/mol. The van der Waals surface area contributed by atoms with E-state index in [0.29, 0.717) is 5.92 Å². The van der Waals surface area contributed by atoms with Crippen LogP contribution in [0, 0.1) is 5.92 Å². The zero-order valence-corrected chi connectivity index (χ0v) is 14.7. The normalized spacial score (nSPS) is 15.4. The van der Waals surface area contributed by atoms with Gasteiger partial charge in [0.25, 0.3) is 0 Å². The second-order valence-electron chi connectivity index (χ2n) is 6.34. The van der Waals surface area contributed by atoms with Crippen molar-refractivity contribution >= 4 is 34.0 Å². The van der Waals surface area contributed by atoms with Crippen LogP contribution in [0.15, 0.2) is 54.6 Å². The van der Waals surface area contributed by atoms with Gasteiger partial charge in [0, 0.05) is 30.8 Å². The first-order valence-electron chi connectivity index (χ1n) is 8.64. The predicted octanol–water partition coefficient (Wildman–Crippen LogP) is 4.85. The Bertz CT molecular complexity index is 850. The highest BCUT2D eigenvalue weighted by atomic mass is 35.5. The third-order valence-corrected chi connectivity index (χ3v) is 4.83. The second-order valence-corrected chi connectivity index (χ2v) is 6.67. The summed E-state index contributed by atoms with van der Waals surface area (Å²) in [6.45, 7) is 2.56. The Labute approximate surface area is 152 Å². The molecule has 0 radical (unpaired) electrons. The van der Waals surface area contributed by atoms with Crippen molar-refractivity contribution in [2.24, 2.45) is 5.92 Å². The number of benzene rings is 2. The molecule has 3 aromatic rings. The minimum Gasteiger partial charge on any atom is -0.381 e. The number of para-hydroxylation sites is 2. The van der Waals surface area contributed by atoms with Crippen LogP contribution in [0.5, 0.6) is 0 Å². The molecule has 0 N–H and O–H groups in total. The van der Waals surface area contributed by atoms with Gasteiger partial charge in [0.1, 0.15) is 5.82 Å². The van der Waals surface area contributed by atoms with Crippen LogP contribution < -0.4 is 4.90 Å².